The van der Waals surface area contributed by atoms with Crippen molar-refractivity contribution in [2.45, 2.75) is 63.6 Å². The minimum Gasteiger partial charge on any atom is -0.372 e. The molecule has 0 spiro atoms. The third-order valence-corrected chi connectivity index (χ3v) is 5.95. The highest BCUT2D eigenvalue weighted by Crippen LogP contribution is 2.31. The van der Waals surface area contributed by atoms with Crippen molar-refractivity contribution in [3.63, 3.8) is 0 Å². The van der Waals surface area contributed by atoms with Crippen LogP contribution in [0.1, 0.15) is 60.9 Å². The summed E-state index contributed by atoms with van der Waals surface area (Å²) in [6, 6.07) is 5.96. The molecule has 1 atom stereocenters. The SMILES string of the molecule is CNC(=O)CCC(C=O)N1Cc2cc(N(C)C3CCCCC3)ccc2C1=O. The van der Waals surface area contributed by atoms with E-state index in [4.69, 9.17) is 0 Å². The van der Waals surface area contributed by atoms with Crippen LogP contribution in [0.4, 0.5) is 5.69 Å². The van der Waals surface area contributed by atoms with Crippen LogP contribution in [0.5, 0.6) is 0 Å². The zero-order valence-corrected chi connectivity index (χ0v) is 16.2. The minimum absolute atomic E-state index is 0.120. The molecule has 2 amide bonds. The summed E-state index contributed by atoms with van der Waals surface area (Å²) >= 11 is 0. The summed E-state index contributed by atoms with van der Waals surface area (Å²) in [7, 11) is 3.70. The van der Waals surface area contributed by atoms with Gasteiger partial charge in [0.1, 0.15) is 6.29 Å². The van der Waals surface area contributed by atoms with Crippen LogP contribution in [0.25, 0.3) is 0 Å². The van der Waals surface area contributed by atoms with Crippen molar-refractivity contribution >= 4 is 23.8 Å². The summed E-state index contributed by atoms with van der Waals surface area (Å²) < 4.78 is 0. The molecular formula is C21H29N3O3. The summed E-state index contributed by atoms with van der Waals surface area (Å²) in [6.07, 6.45) is 7.66. The van der Waals surface area contributed by atoms with Gasteiger partial charge in [-0.15, -0.1) is 0 Å². The monoisotopic (exact) mass is 371 g/mol. The molecule has 0 saturated heterocycles. The van der Waals surface area contributed by atoms with Gasteiger partial charge in [0.05, 0.1) is 6.04 Å². The second-order valence-corrected chi connectivity index (χ2v) is 7.59. The number of nitrogens with one attached hydrogen (secondary N) is 1. The van der Waals surface area contributed by atoms with Gasteiger partial charge in [-0.3, -0.25) is 9.59 Å². The molecule has 1 unspecified atom stereocenters. The lowest BCUT2D eigenvalue weighted by Gasteiger charge is -2.33. The van der Waals surface area contributed by atoms with E-state index in [1.165, 1.54) is 32.1 Å². The van der Waals surface area contributed by atoms with Gasteiger partial charge in [-0.1, -0.05) is 19.3 Å². The Morgan fingerprint density at radius 2 is 2.07 bits per heavy atom. The summed E-state index contributed by atoms with van der Waals surface area (Å²) in [5, 5.41) is 2.55. The Balaban J connectivity index is 1.72. The zero-order chi connectivity index (χ0) is 19.4. The van der Waals surface area contributed by atoms with Crippen LogP contribution in [0.2, 0.25) is 0 Å². The molecule has 0 aromatic heterocycles. The van der Waals surface area contributed by atoms with E-state index >= 15 is 0 Å². The summed E-state index contributed by atoms with van der Waals surface area (Å²) in [6.45, 7) is 0.428. The number of hydrogen-bond donors (Lipinski definition) is 1. The van der Waals surface area contributed by atoms with Crippen LogP contribution in [0.15, 0.2) is 18.2 Å². The van der Waals surface area contributed by atoms with Gasteiger partial charge in [0.2, 0.25) is 5.91 Å². The Labute approximate surface area is 160 Å². The van der Waals surface area contributed by atoms with Crippen LogP contribution in [0, 0.1) is 0 Å². The van der Waals surface area contributed by atoms with E-state index in [9.17, 15) is 14.4 Å². The largest absolute Gasteiger partial charge is 0.372 e. The Bertz CT molecular complexity index is 713. The molecule has 1 aliphatic carbocycles. The molecule has 27 heavy (non-hydrogen) atoms. The highest BCUT2D eigenvalue weighted by atomic mass is 16.2. The van der Waals surface area contributed by atoms with Crippen molar-refractivity contribution < 1.29 is 14.4 Å². The highest BCUT2D eigenvalue weighted by molar-refractivity contribution is 6.00. The fraction of sp³-hybridized carbons (Fsp3) is 0.571. The van der Waals surface area contributed by atoms with E-state index in [0.29, 0.717) is 24.6 Å². The maximum absolute atomic E-state index is 12.7. The van der Waals surface area contributed by atoms with Crippen LogP contribution < -0.4 is 10.2 Å². The molecule has 1 fully saturated rings. The molecule has 0 radical (unpaired) electrons. The molecule has 1 aromatic carbocycles. The van der Waals surface area contributed by atoms with E-state index in [2.05, 4.69) is 23.3 Å². The highest BCUT2D eigenvalue weighted by Gasteiger charge is 2.33. The van der Waals surface area contributed by atoms with Gasteiger partial charge in [-0.2, -0.15) is 0 Å². The molecule has 1 aliphatic heterocycles. The number of nitrogens with zero attached hydrogens (tertiary/aromatic N) is 2. The predicted molar refractivity (Wildman–Crippen MR) is 105 cm³/mol. The van der Waals surface area contributed by atoms with Crippen molar-refractivity contribution in [2.24, 2.45) is 0 Å². The van der Waals surface area contributed by atoms with Gasteiger partial charge in [0.15, 0.2) is 0 Å². The first-order chi connectivity index (χ1) is 13.0. The maximum atomic E-state index is 12.7. The summed E-state index contributed by atoms with van der Waals surface area (Å²) in [5.41, 5.74) is 2.76. The van der Waals surface area contributed by atoms with Crippen molar-refractivity contribution in [3.05, 3.63) is 29.3 Å². The number of carbonyl (C=O) groups excluding carboxylic acids is 3. The quantitative estimate of drug-likeness (QED) is 0.748. The predicted octanol–water partition coefficient (Wildman–Crippen LogP) is 2.50. The Kier molecular flexibility index (Phi) is 6.14. The van der Waals surface area contributed by atoms with Gasteiger partial charge in [0.25, 0.3) is 5.91 Å². The Morgan fingerprint density at radius 3 is 2.74 bits per heavy atom. The number of fused-ring (bicyclic) bond motifs is 1. The molecule has 2 aliphatic rings. The van der Waals surface area contributed by atoms with Gasteiger partial charge >= 0.3 is 0 Å². The Hall–Kier alpha value is -2.37. The van der Waals surface area contributed by atoms with Crippen LogP contribution >= 0.6 is 0 Å². The molecular weight excluding hydrogens is 342 g/mol. The lowest BCUT2D eigenvalue weighted by molar-refractivity contribution is -0.121. The fourth-order valence-electron chi connectivity index (χ4n) is 4.20. The average Bonchev–Trinajstić information content (AvgIpc) is 3.04. The first-order valence-corrected chi connectivity index (χ1v) is 9.87. The molecule has 1 heterocycles. The van der Waals surface area contributed by atoms with Gasteiger partial charge in [0, 0.05) is 44.4 Å². The third-order valence-electron chi connectivity index (χ3n) is 5.95. The van der Waals surface area contributed by atoms with E-state index < -0.39 is 6.04 Å². The van der Waals surface area contributed by atoms with Crippen LogP contribution in [-0.4, -0.2) is 49.2 Å². The zero-order valence-electron chi connectivity index (χ0n) is 16.2. The minimum atomic E-state index is -0.568. The molecule has 1 saturated carbocycles. The van der Waals surface area contributed by atoms with Gasteiger partial charge in [-0.05, 0) is 43.0 Å². The fourth-order valence-corrected chi connectivity index (χ4v) is 4.20. The molecule has 1 N–H and O–H groups in total. The van der Waals surface area contributed by atoms with Crippen molar-refractivity contribution in [1.29, 1.82) is 0 Å². The lowest BCUT2D eigenvalue weighted by atomic mass is 9.94. The molecule has 6 nitrogen and oxygen atoms in total. The number of hydrogen-bond acceptors (Lipinski definition) is 4. The van der Waals surface area contributed by atoms with Crippen molar-refractivity contribution in [3.8, 4) is 0 Å². The van der Waals surface area contributed by atoms with Gasteiger partial charge in [-0.25, -0.2) is 0 Å². The molecule has 3 rings (SSSR count). The van der Waals surface area contributed by atoms with Crippen molar-refractivity contribution in [1.82, 2.24) is 10.2 Å². The number of rotatable bonds is 7. The first kappa shape index (κ1) is 19.4. The lowest BCUT2D eigenvalue weighted by Crippen LogP contribution is -2.37. The van der Waals surface area contributed by atoms with E-state index in [1.54, 1.807) is 11.9 Å². The number of benzene rings is 1. The first-order valence-electron chi connectivity index (χ1n) is 9.87. The Morgan fingerprint density at radius 1 is 1.33 bits per heavy atom. The standard InChI is InChI=1S/C21H29N3O3/c1-22-20(26)11-9-18(14-25)24-13-15-12-17(8-10-19(15)21(24)27)23(2)16-6-4-3-5-7-16/h8,10,12,14,16,18H,3-7,9,11,13H2,1-2H3,(H,22,26). The van der Waals surface area contributed by atoms with E-state index in [1.807, 2.05) is 12.1 Å². The summed E-state index contributed by atoms with van der Waals surface area (Å²) in [4.78, 5) is 39.7. The van der Waals surface area contributed by atoms with Crippen LogP contribution in [-0.2, 0) is 16.1 Å². The second kappa shape index (κ2) is 8.55. The topological polar surface area (TPSA) is 69.7 Å². The molecule has 0 bridgehead atoms. The average molecular weight is 371 g/mol. The van der Waals surface area contributed by atoms with E-state index in [-0.39, 0.29) is 18.2 Å². The number of anilines is 1. The normalized spacial score (nSPS) is 18.1. The summed E-state index contributed by atoms with van der Waals surface area (Å²) in [5.74, 6) is -0.242. The van der Waals surface area contributed by atoms with Crippen molar-refractivity contribution in [2.75, 3.05) is 19.0 Å². The third kappa shape index (κ3) is 4.15. The molecule has 1 aromatic rings. The maximum Gasteiger partial charge on any atom is 0.255 e. The number of aldehydes is 1. The smallest absolute Gasteiger partial charge is 0.255 e. The van der Waals surface area contributed by atoms with E-state index in [0.717, 1.165) is 17.5 Å². The second-order valence-electron chi connectivity index (χ2n) is 7.59. The molecule has 6 heteroatoms. The molecule has 146 valence electrons. The van der Waals surface area contributed by atoms with Crippen LogP contribution in [0.3, 0.4) is 0 Å². The van der Waals surface area contributed by atoms with Gasteiger partial charge < -0.3 is 19.9 Å². The number of carbonyl (C=O) groups is 3. The number of amides is 2.